The second-order valence-corrected chi connectivity index (χ2v) is 5.65. The first-order valence-corrected chi connectivity index (χ1v) is 7.62. The Bertz CT molecular complexity index is 648. The fourth-order valence-electron chi connectivity index (χ4n) is 2.11. The highest BCUT2D eigenvalue weighted by molar-refractivity contribution is 9.10. The molecule has 0 atom stereocenters. The summed E-state index contributed by atoms with van der Waals surface area (Å²) in [5.74, 6) is 0.609. The van der Waals surface area contributed by atoms with Gasteiger partial charge in [0.25, 0.3) is 5.91 Å². The lowest BCUT2D eigenvalue weighted by Crippen LogP contribution is -2.13. The Kier molecular flexibility index (Phi) is 5.02. The molecule has 0 unspecified atom stereocenters. The Hall–Kier alpha value is -1.81. The van der Waals surface area contributed by atoms with E-state index in [-0.39, 0.29) is 5.91 Å². The standard InChI is InChI=1S/C17H18BrNO2/c1-4-21-15-9-8-13(10-14(15)18)17(20)19-16-11(2)6-5-7-12(16)3/h5-10H,4H2,1-3H3,(H,19,20). The number of nitrogens with one attached hydrogen (secondary N) is 1. The van der Waals surface area contributed by atoms with Gasteiger partial charge in [-0.1, -0.05) is 18.2 Å². The van der Waals surface area contributed by atoms with E-state index in [0.29, 0.717) is 12.2 Å². The SMILES string of the molecule is CCOc1ccc(C(=O)Nc2c(C)cccc2C)cc1Br. The molecule has 0 aliphatic carbocycles. The summed E-state index contributed by atoms with van der Waals surface area (Å²) in [6.45, 7) is 6.48. The molecule has 0 saturated carbocycles. The van der Waals surface area contributed by atoms with Gasteiger partial charge in [0, 0.05) is 11.3 Å². The monoisotopic (exact) mass is 347 g/mol. The zero-order chi connectivity index (χ0) is 15.4. The predicted octanol–water partition coefficient (Wildman–Crippen LogP) is 4.72. The van der Waals surface area contributed by atoms with Gasteiger partial charge in [-0.15, -0.1) is 0 Å². The van der Waals surface area contributed by atoms with Crippen molar-refractivity contribution in [1.82, 2.24) is 0 Å². The first-order chi connectivity index (χ1) is 10.0. The lowest BCUT2D eigenvalue weighted by molar-refractivity contribution is 0.102. The van der Waals surface area contributed by atoms with Crippen molar-refractivity contribution < 1.29 is 9.53 Å². The molecule has 0 heterocycles. The number of benzene rings is 2. The van der Waals surface area contributed by atoms with Crippen molar-refractivity contribution in [3.8, 4) is 5.75 Å². The maximum Gasteiger partial charge on any atom is 0.255 e. The number of aryl methyl sites for hydroxylation is 2. The number of hydrogen-bond acceptors (Lipinski definition) is 2. The highest BCUT2D eigenvalue weighted by atomic mass is 79.9. The van der Waals surface area contributed by atoms with E-state index in [1.54, 1.807) is 18.2 Å². The van der Waals surface area contributed by atoms with Crippen LogP contribution in [-0.2, 0) is 0 Å². The van der Waals surface area contributed by atoms with Crippen molar-refractivity contribution in [2.75, 3.05) is 11.9 Å². The third-order valence-electron chi connectivity index (χ3n) is 3.21. The number of halogens is 1. The van der Waals surface area contributed by atoms with Gasteiger partial charge in [-0.05, 0) is 66.0 Å². The average molecular weight is 348 g/mol. The van der Waals surface area contributed by atoms with Crippen LogP contribution in [0.25, 0.3) is 0 Å². The fraction of sp³-hybridized carbons (Fsp3) is 0.235. The molecule has 0 spiro atoms. The normalized spacial score (nSPS) is 10.3. The second kappa shape index (κ2) is 6.76. The third-order valence-corrected chi connectivity index (χ3v) is 3.83. The quantitative estimate of drug-likeness (QED) is 0.868. The van der Waals surface area contributed by atoms with Crippen LogP contribution in [0.2, 0.25) is 0 Å². The van der Waals surface area contributed by atoms with Gasteiger partial charge in [0.2, 0.25) is 0 Å². The van der Waals surface area contributed by atoms with Gasteiger partial charge in [-0.2, -0.15) is 0 Å². The molecule has 0 fully saturated rings. The van der Waals surface area contributed by atoms with Crippen LogP contribution < -0.4 is 10.1 Å². The molecule has 0 saturated heterocycles. The minimum Gasteiger partial charge on any atom is -0.493 e. The summed E-state index contributed by atoms with van der Waals surface area (Å²) in [6, 6.07) is 11.3. The van der Waals surface area contributed by atoms with Crippen LogP contribution in [0.15, 0.2) is 40.9 Å². The van der Waals surface area contributed by atoms with E-state index in [2.05, 4.69) is 21.2 Å². The van der Waals surface area contributed by atoms with Gasteiger partial charge < -0.3 is 10.1 Å². The highest BCUT2D eigenvalue weighted by Gasteiger charge is 2.11. The van der Waals surface area contributed by atoms with E-state index in [9.17, 15) is 4.79 Å². The third kappa shape index (κ3) is 3.64. The molecular weight excluding hydrogens is 330 g/mol. The summed E-state index contributed by atoms with van der Waals surface area (Å²) in [5.41, 5.74) is 3.56. The van der Waals surface area contributed by atoms with Gasteiger partial charge >= 0.3 is 0 Å². The summed E-state index contributed by atoms with van der Waals surface area (Å²) in [4.78, 5) is 12.4. The van der Waals surface area contributed by atoms with Crippen LogP contribution in [0, 0.1) is 13.8 Å². The summed E-state index contributed by atoms with van der Waals surface area (Å²) < 4.78 is 6.23. The summed E-state index contributed by atoms with van der Waals surface area (Å²) >= 11 is 3.43. The van der Waals surface area contributed by atoms with E-state index < -0.39 is 0 Å². The van der Waals surface area contributed by atoms with E-state index in [1.165, 1.54) is 0 Å². The zero-order valence-corrected chi connectivity index (χ0v) is 14.0. The summed E-state index contributed by atoms with van der Waals surface area (Å²) in [7, 11) is 0. The minimum absolute atomic E-state index is 0.129. The second-order valence-electron chi connectivity index (χ2n) is 4.80. The van der Waals surface area contributed by atoms with Crippen molar-refractivity contribution in [3.05, 3.63) is 57.6 Å². The molecule has 3 nitrogen and oxygen atoms in total. The molecule has 0 aromatic heterocycles. The molecule has 2 aromatic rings. The topological polar surface area (TPSA) is 38.3 Å². The Morgan fingerprint density at radius 2 is 1.86 bits per heavy atom. The highest BCUT2D eigenvalue weighted by Crippen LogP contribution is 2.27. The van der Waals surface area contributed by atoms with Crippen LogP contribution in [0.5, 0.6) is 5.75 Å². The molecule has 1 N–H and O–H groups in total. The molecule has 0 radical (unpaired) electrons. The molecular formula is C17H18BrNO2. The molecule has 110 valence electrons. The minimum atomic E-state index is -0.129. The van der Waals surface area contributed by atoms with E-state index in [1.807, 2.05) is 39.0 Å². The van der Waals surface area contributed by atoms with E-state index in [4.69, 9.17) is 4.74 Å². The largest absolute Gasteiger partial charge is 0.493 e. The molecule has 2 rings (SSSR count). The lowest BCUT2D eigenvalue weighted by Gasteiger charge is -2.12. The summed E-state index contributed by atoms with van der Waals surface area (Å²) in [6.07, 6.45) is 0. The Balaban J connectivity index is 2.23. The van der Waals surface area contributed by atoms with Crippen molar-refractivity contribution in [3.63, 3.8) is 0 Å². The average Bonchev–Trinajstić information content (AvgIpc) is 2.45. The number of para-hydroxylation sites is 1. The molecule has 21 heavy (non-hydrogen) atoms. The van der Waals surface area contributed by atoms with E-state index >= 15 is 0 Å². The Labute approximate surface area is 133 Å². The Morgan fingerprint density at radius 1 is 1.19 bits per heavy atom. The maximum atomic E-state index is 12.4. The number of carbonyl (C=O) groups is 1. The lowest BCUT2D eigenvalue weighted by atomic mass is 10.1. The van der Waals surface area contributed by atoms with Crippen molar-refractivity contribution in [2.45, 2.75) is 20.8 Å². The molecule has 0 aliphatic rings. The molecule has 1 amide bonds. The first kappa shape index (κ1) is 15.6. The molecule has 4 heteroatoms. The van der Waals surface area contributed by atoms with Crippen LogP contribution in [0.1, 0.15) is 28.4 Å². The van der Waals surface area contributed by atoms with Crippen LogP contribution in [0.4, 0.5) is 5.69 Å². The summed E-state index contributed by atoms with van der Waals surface area (Å²) in [5, 5.41) is 2.97. The van der Waals surface area contributed by atoms with Crippen molar-refractivity contribution >= 4 is 27.5 Å². The van der Waals surface area contributed by atoms with Gasteiger partial charge in [-0.3, -0.25) is 4.79 Å². The van der Waals surface area contributed by atoms with Crippen LogP contribution >= 0.6 is 15.9 Å². The van der Waals surface area contributed by atoms with Crippen molar-refractivity contribution in [2.24, 2.45) is 0 Å². The van der Waals surface area contributed by atoms with Gasteiger partial charge in [-0.25, -0.2) is 0 Å². The smallest absolute Gasteiger partial charge is 0.255 e. The number of ether oxygens (including phenoxy) is 1. The number of amides is 1. The first-order valence-electron chi connectivity index (χ1n) is 6.83. The fourth-order valence-corrected chi connectivity index (χ4v) is 2.61. The van der Waals surface area contributed by atoms with Gasteiger partial charge in [0.05, 0.1) is 11.1 Å². The molecule has 2 aromatic carbocycles. The van der Waals surface area contributed by atoms with Crippen LogP contribution in [0.3, 0.4) is 0 Å². The molecule has 0 bridgehead atoms. The van der Waals surface area contributed by atoms with Gasteiger partial charge in [0.15, 0.2) is 0 Å². The Morgan fingerprint density at radius 3 is 2.43 bits per heavy atom. The number of rotatable bonds is 4. The molecule has 0 aliphatic heterocycles. The number of anilines is 1. The van der Waals surface area contributed by atoms with E-state index in [0.717, 1.165) is 27.0 Å². The van der Waals surface area contributed by atoms with Crippen LogP contribution in [-0.4, -0.2) is 12.5 Å². The predicted molar refractivity (Wildman–Crippen MR) is 89.2 cm³/mol. The number of hydrogen-bond donors (Lipinski definition) is 1. The zero-order valence-electron chi connectivity index (χ0n) is 12.4. The van der Waals surface area contributed by atoms with Crippen molar-refractivity contribution in [1.29, 1.82) is 0 Å². The maximum absolute atomic E-state index is 12.4. The van der Waals surface area contributed by atoms with Gasteiger partial charge in [0.1, 0.15) is 5.75 Å². The number of carbonyl (C=O) groups excluding carboxylic acids is 1.